The Hall–Kier alpha value is -6.62. The van der Waals surface area contributed by atoms with Crippen molar-refractivity contribution < 1.29 is 80.2 Å². The van der Waals surface area contributed by atoms with Gasteiger partial charge in [0.25, 0.3) is 0 Å². The number of ether oxygens (including phenoxy) is 4. The van der Waals surface area contributed by atoms with Crippen molar-refractivity contribution in [1.82, 2.24) is 0 Å². The lowest BCUT2D eigenvalue weighted by Gasteiger charge is -2.21. The molecule has 0 heterocycles. The van der Waals surface area contributed by atoms with Crippen LogP contribution in [-0.2, 0) is 65.4 Å². The molecule has 3 N–H and O–H groups in total. The maximum Gasteiger partial charge on any atom is 0.472 e. The number of carbonyl (C=O) groups is 4. The average molecular weight is 1510 g/mol. The van der Waals surface area contributed by atoms with Crippen LogP contribution < -0.4 is 0 Å². The second-order valence-corrected chi connectivity index (χ2v) is 27.7. The number of hydrogen-bond acceptors (Lipinski definition) is 15. The molecule has 0 radical (unpaired) electrons. The molecule has 0 aliphatic heterocycles. The van der Waals surface area contributed by atoms with Crippen molar-refractivity contribution in [1.29, 1.82) is 0 Å². The fourth-order valence-corrected chi connectivity index (χ4v) is 10.7. The van der Waals surface area contributed by atoms with Crippen LogP contribution in [0.15, 0.2) is 219 Å². The van der Waals surface area contributed by atoms with Gasteiger partial charge in [-0.15, -0.1) is 0 Å². The molecule has 0 aromatic rings. The molecule has 17 nitrogen and oxygen atoms in total. The fraction of sp³-hybridized carbons (Fsp3) is 0.540. The molecular weight excluding hydrogens is 1380 g/mol. The van der Waals surface area contributed by atoms with E-state index in [0.717, 1.165) is 148 Å². The zero-order chi connectivity index (χ0) is 77.4. The lowest BCUT2D eigenvalue weighted by molar-refractivity contribution is -0.161. The molecule has 0 bridgehead atoms. The first-order valence-corrected chi connectivity index (χ1v) is 42.0. The smallest absolute Gasteiger partial charge is 0.462 e. The molecule has 0 aliphatic carbocycles. The molecule has 0 rings (SSSR count). The minimum atomic E-state index is -5.02. The van der Waals surface area contributed by atoms with Gasteiger partial charge in [0.1, 0.15) is 19.3 Å². The predicted octanol–water partition coefficient (Wildman–Crippen LogP) is 22.9. The molecule has 5 unspecified atom stereocenters. The van der Waals surface area contributed by atoms with Gasteiger partial charge in [-0.3, -0.25) is 37.3 Å². The predicted molar refractivity (Wildman–Crippen MR) is 435 cm³/mol. The highest BCUT2D eigenvalue weighted by Crippen LogP contribution is 2.45. The van der Waals surface area contributed by atoms with Gasteiger partial charge in [-0.05, 0) is 186 Å². The average Bonchev–Trinajstić information content (AvgIpc) is 0.909. The highest BCUT2D eigenvalue weighted by molar-refractivity contribution is 7.47. The fourth-order valence-electron chi connectivity index (χ4n) is 9.14. The van der Waals surface area contributed by atoms with E-state index in [0.29, 0.717) is 44.9 Å². The van der Waals surface area contributed by atoms with Crippen LogP contribution in [0.5, 0.6) is 0 Å². The monoisotopic (exact) mass is 1510 g/mol. The van der Waals surface area contributed by atoms with E-state index in [1.54, 1.807) is 0 Å². The van der Waals surface area contributed by atoms with Crippen molar-refractivity contribution in [3.63, 3.8) is 0 Å². The quantitative estimate of drug-likeness (QED) is 0.0169. The van der Waals surface area contributed by atoms with E-state index < -0.39 is 97.5 Å². The number of carbonyl (C=O) groups excluding carboxylic acids is 4. The molecule has 594 valence electrons. The molecular formula is C87H134O17P2. The Bertz CT molecular complexity index is 2880. The Morgan fingerprint density at radius 2 is 0.472 bits per heavy atom. The number of phosphoric acid groups is 2. The lowest BCUT2D eigenvalue weighted by atomic mass is 10.1. The molecule has 0 saturated carbocycles. The summed E-state index contributed by atoms with van der Waals surface area (Å²) in [5.41, 5.74) is 0. The summed E-state index contributed by atoms with van der Waals surface area (Å²) in [7, 11) is -10.0. The van der Waals surface area contributed by atoms with Gasteiger partial charge in [0.15, 0.2) is 12.2 Å². The molecule has 5 atom stereocenters. The largest absolute Gasteiger partial charge is 0.472 e. The van der Waals surface area contributed by atoms with Gasteiger partial charge in [0.05, 0.1) is 26.4 Å². The second kappa shape index (κ2) is 76.6. The van der Waals surface area contributed by atoms with Crippen molar-refractivity contribution in [2.75, 3.05) is 39.6 Å². The van der Waals surface area contributed by atoms with Crippen molar-refractivity contribution in [2.45, 2.75) is 264 Å². The third kappa shape index (κ3) is 75.6. The zero-order valence-electron chi connectivity index (χ0n) is 64.8. The number of esters is 4. The zero-order valence-corrected chi connectivity index (χ0v) is 66.5. The number of aliphatic hydroxyl groups excluding tert-OH is 1. The van der Waals surface area contributed by atoms with E-state index in [1.807, 2.05) is 18.2 Å². The van der Waals surface area contributed by atoms with Crippen LogP contribution in [-0.4, -0.2) is 96.7 Å². The lowest BCUT2D eigenvalue weighted by Crippen LogP contribution is -2.30. The number of rotatable bonds is 70. The van der Waals surface area contributed by atoms with Crippen molar-refractivity contribution >= 4 is 39.5 Å². The van der Waals surface area contributed by atoms with Gasteiger partial charge >= 0.3 is 39.5 Å². The summed E-state index contributed by atoms with van der Waals surface area (Å²) in [4.78, 5) is 73.0. The molecule has 0 aromatic carbocycles. The number of unbranched alkanes of at least 4 members (excludes halogenated alkanes) is 8. The molecule has 0 spiro atoms. The van der Waals surface area contributed by atoms with Crippen LogP contribution in [0, 0.1) is 0 Å². The molecule has 0 aromatic heterocycles. The van der Waals surface area contributed by atoms with Crippen LogP contribution in [0.2, 0.25) is 0 Å². The maximum atomic E-state index is 13.1. The van der Waals surface area contributed by atoms with E-state index >= 15 is 0 Å². The normalized spacial score (nSPS) is 15.0. The molecule has 106 heavy (non-hydrogen) atoms. The number of phosphoric ester groups is 2. The summed E-state index contributed by atoms with van der Waals surface area (Å²) in [6.07, 6.45) is 96.6. The van der Waals surface area contributed by atoms with Gasteiger partial charge in [-0.25, -0.2) is 9.13 Å². The Kier molecular flexibility index (Phi) is 71.8. The van der Waals surface area contributed by atoms with E-state index in [9.17, 15) is 43.2 Å². The van der Waals surface area contributed by atoms with Crippen molar-refractivity contribution in [3.8, 4) is 0 Å². The summed E-state index contributed by atoms with van der Waals surface area (Å²) in [6.45, 7) is 4.16. The minimum Gasteiger partial charge on any atom is -0.462 e. The SMILES string of the molecule is CC/C=C\C/C=C\C/C=C\C/C=C\C/C=C\CCCCCC(=O)OCC(COP(=O)(O)OCC(O)COP(=O)(O)OCC(COC(=O)CCC/C=C\C/C=C\C/C=C\C/C=C\C/C=C\CC)OC(=O)CCCC/C=C\C/C=C\C/C=C\C/C=C\CC)OC(=O)CCCC/C=C\C/C=C\C/C=C\C/C=C\CC. The van der Waals surface area contributed by atoms with E-state index in [-0.39, 0.29) is 25.7 Å². The number of aliphatic hydroxyl groups is 1. The minimum absolute atomic E-state index is 0.0187. The van der Waals surface area contributed by atoms with Gasteiger partial charge in [-0.1, -0.05) is 253 Å². The summed E-state index contributed by atoms with van der Waals surface area (Å²) in [6, 6.07) is 0. The number of hydrogen-bond donors (Lipinski definition) is 3. The molecule has 19 heteroatoms. The topological polar surface area (TPSA) is 237 Å². The third-order valence-electron chi connectivity index (χ3n) is 14.9. The van der Waals surface area contributed by atoms with Crippen LogP contribution in [0.3, 0.4) is 0 Å². The molecule has 0 fully saturated rings. The Morgan fingerprint density at radius 1 is 0.264 bits per heavy atom. The standard InChI is InChI=1S/C87H134O17P2/c1-5-9-13-17-21-25-29-33-37-39-40-42-46-48-52-56-60-64-68-72-85(90)98-78-83(104-87(92)74-70-66-62-58-54-50-44-36-32-28-24-20-16-12-8-4)80-102-106(95,96)100-76-81(88)75-99-105(93,94)101-79-82(103-86(91)73-69-65-61-57-53-49-43-35-31-27-23-19-15-11-7-3)77-97-84(89)71-67-63-59-55-51-47-45-41-38-34-30-26-22-18-14-10-6-2/h9-16,21-28,33-38,40,42-45,47-48,52-55,57-59,81-83,88H,5-8,17-20,29-32,39,41,46,49-51,56,60-80H2,1-4H3,(H,93,94)(H,95,96)/b13-9-,14-10-,15-11-,16-12-,25-21-,26-22-,27-23-,28-24-,37-33-,38-34-,42-40-,43-35-,44-36-,47-45-,52-48-,57-53-,58-54-,59-55-. The van der Waals surface area contributed by atoms with Crippen LogP contribution in [0.1, 0.15) is 246 Å². The molecule has 0 saturated heterocycles. The van der Waals surface area contributed by atoms with E-state index in [2.05, 4.69) is 228 Å². The summed E-state index contributed by atoms with van der Waals surface area (Å²) >= 11 is 0. The first kappa shape index (κ1) is 99.4. The van der Waals surface area contributed by atoms with E-state index in [4.69, 9.17) is 37.0 Å². The van der Waals surface area contributed by atoms with Crippen LogP contribution in [0.4, 0.5) is 0 Å². The molecule has 0 aliphatic rings. The van der Waals surface area contributed by atoms with Gasteiger partial charge in [0, 0.05) is 25.7 Å². The Labute approximate surface area is 639 Å². The summed E-state index contributed by atoms with van der Waals surface area (Å²) in [5, 5.41) is 10.6. The first-order chi connectivity index (χ1) is 51.7. The maximum absolute atomic E-state index is 13.1. The highest BCUT2D eigenvalue weighted by atomic mass is 31.2. The molecule has 0 amide bonds. The summed E-state index contributed by atoms with van der Waals surface area (Å²) in [5.74, 6) is -2.41. The Morgan fingerprint density at radius 3 is 0.745 bits per heavy atom. The van der Waals surface area contributed by atoms with Gasteiger partial charge in [0.2, 0.25) is 0 Å². The highest BCUT2D eigenvalue weighted by Gasteiger charge is 2.30. The van der Waals surface area contributed by atoms with Crippen LogP contribution >= 0.6 is 15.6 Å². The third-order valence-corrected chi connectivity index (χ3v) is 16.8. The van der Waals surface area contributed by atoms with Crippen molar-refractivity contribution in [2.24, 2.45) is 0 Å². The summed E-state index contributed by atoms with van der Waals surface area (Å²) < 4.78 is 68.4. The number of allylic oxidation sites excluding steroid dienone is 36. The van der Waals surface area contributed by atoms with Gasteiger partial charge in [-0.2, -0.15) is 0 Å². The first-order valence-electron chi connectivity index (χ1n) is 39.0. The van der Waals surface area contributed by atoms with Crippen LogP contribution in [0.25, 0.3) is 0 Å². The van der Waals surface area contributed by atoms with Crippen molar-refractivity contribution in [3.05, 3.63) is 219 Å². The Balaban J connectivity index is 5.55. The van der Waals surface area contributed by atoms with E-state index in [1.165, 1.54) is 0 Å². The second-order valence-electron chi connectivity index (χ2n) is 24.8. The van der Waals surface area contributed by atoms with Gasteiger partial charge < -0.3 is 33.8 Å².